The van der Waals surface area contributed by atoms with Crippen LogP contribution in [-0.4, -0.2) is 15.5 Å². The number of halogens is 2. The number of hydrogen-bond donors (Lipinski definition) is 3. The van der Waals surface area contributed by atoms with Crippen molar-refractivity contribution in [3.05, 3.63) is 23.8 Å². The fourth-order valence-corrected chi connectivity index (χ4v) is 1.39. The molecule has 0 radical (unpaired) electrons. The summed E-state index contributed by atoms with van der Waals surface area (Å²) in [4.78, 5) is 0. The maximum absolute atomic E-state index is 13.0. The van der Waals surface area contributed by atoms with Crippen LogP contribution in [0.5, 0.6) is 0 Å². The van der Waals surface area contributed by atoms with Gasteiger partial charge in [-0.05, 0) is 6.07 Å². The summed E-state index contributed by atoms with van der Waals surface area (Å²) in [7, 11) is -2.70. The van der Waals surface area contributed by atoms with Crippen molar-refractivity contribution >= 4 is 21.6 Å². The summed E-state index contributed by atoms with van der Waals surface area (Å²) in [5.41, 5.74) is 4.40. The molecular formula is C7H9F2N3O2S. The molecule has 0 spiro atoms. The van der Waals surface area contributed by atoms with E-state index in [1.165, 1.54) is 0 Å². The first-order valence-corrected chi connectivity index (χ1v) is 5.30. The number of nitrogens with two attached hydrogens (primary N) is 1. The van der Waals surface area contributed by atoms with Gasteiger partial charge in [-0.25, -0.2) is 13.5 Å². The predicted octanol–water partition coefficient (Wildman–Crippen LogP) is 0.423. The van der Waals surface area contributed by atoms with Gasteiger partial charge < -0.3 is 5.73 Å². The summed E-state index contributed by atoms with van der Waals surface area (Å²) in [6.07, 6.45) is 0. The van der Waals surface area contributed by atoms with Crippen LogP contribution < -0.4 is 15.2 Å². The van der Waals surface area contributed by atoms with Crippen LogP contribution in [0, 0.1) is 11.6 Å². The zero-order valence-electron chi connectivity index (χ0n) is 7.71. The zero-order valence-corrected chi connectivity index (χ0v) is 8.53. The van der Waals surface area contributed by atoms with Crippen LogP contribution in [0.25, 0.3) is 0 Å². The van der Waals surface area contributed by atoms with Gasteiger partial charge in [-0.3, -0.25) is 4.72 Å². The summed E-state index contributed by atoms with van der Waals surface area (Å²) < 4.78 is 51.5. The summed E-state index contributed by atoms with van der Waals surface area (Å²) in [6, 6.07) is 1.36. The van der Waals surface area contributed by atoms with Gasteiger partial charge in [0.25, 0.3) is 10.2 Å². The molecule has 1 rings (SSSR count). The largest absolute Gasteiger partial charge is 0.396 e. The Morgan fingerprint density at radius 3 is 2.40 bits per heavy atom. The van der Waals surface area contributed by atoms with Crippen LogP contribution in [0.2, 0.25) is 0 Å². The van der Waals surface area contributed by atoms with E-state index in [1.807, 2.05) is 9.44 Å². The van der Waals surface area contributed by atoms with E-state index in [-0.39, 0.29) is 5.69 Å². The second-order valence-corrected chi connectivity index (χ2v) is 4.28. The highest BCUT2D eigenvalue weighted by atomic mass is 32.2. The van der Waals surface area contributed by atoms with E-state index < -0.39 is 27.5 Å². The van der Waals surface area contributed by atoms with Gasteiger partial charge in [0.15, 0.2) is 0 Å². The first-order chi connectivity index (χ1) is 6.85. The number of anilines is 2. The van der Waals surface area contributed by atoms with Crippen molar-refractivity contribution in [2.45, 2.75) is 0 Å². The number of nitrogen functional groups attached to an aromatic ring is 1. The average molecular weight is 237 g/mol. The predicted molar refractivity (Wildman–Crippen MR) is 52.4 cm³/mol. The van der Waals surface area contributed by atoms with Gasteiger partial charge in [0.1, 0.15) is 11.6 Å². The van der Waals surface area contributed by atoms with Crippen LogP contribution in [0.4, 0.5) is 20.2 Å². The molecule has 0 saturated carbocycles. The third kappa shape index (κ3) is 2.77. The van der Waals surface area contributed by atoms with Gasteiger partial charge in [-0.15, -0.1) is 0 Å². The lowest BCUT2D eigenvalue weighted by Gasteiger charge is -2.08. The fourth-order valence-electron chi connectivity index (χ4n) is 0.840. The number of rotatable bonds is 3. The van der Waals surface area contributed by atoms with E-state index in [9.17, 15) is 17.2 Å². The second-order valence-electron chi connectivity index (χ2n) is 2.66. The first kappa shape index (κ1) is 11.7. The highest BCUT2D eigenvalue weighted by molar-refractivity contribution is 7.90. The van der Waals surface area contributed by atoms with E-state index in [4.69, 9.17) is 5.73 Å². The molecule has 0 bridgehead atoms. The van der Waals surface area contributed by atoms with Crippen molar-refractivity contribution in [3.63, 3.8) is 0 Å². The normalized spacial score (nSPS) is 11.4. The number of nitrogens with one attached hydrogen (secondary N) is 2. The monoisotopic (exact) mass is 237 g/mol. The third-order valence-corrected chi connectivity index (χ3v) is 2.63. The lowest BCUT2D eigenvalue weighted by Crippen LogP contribution is -2.26. The molecule has 0 fully saturated rings. The van der Waals surface area contributed by atoms with E-state index in [0.29, 0.717) is 6.07 Å². The molecule has 1 aromatic rings. The number of hydrogen-bond acceptors (Lipinski definition) is 3. The van der Waals surface area contributed by atoms with Crippen molar-refractivity contribution in [3.8, 4) is 0 Å². The summed E-state index contributed by atoms with van der Waals surface area (Å²) in [5, 5.41) is 0. The molecule has 0 aliphatic carbocycles. The van der Waals surface area contributed by atoms with Crippen LogP contribution in [0.3, 0.4) is 0 Å². The highest BCUT2D eigenvalue weighted by Crippen LogP contribution is 2.21. The minimum atomic E-state index is -3.84. The highest BCUT2D eigenvalue weighted by Gasteiger charge is 2.13. The van der Waals surface area contributed by atoms with Crippen molar-refractivity contribution in [2.75, 3.05) is 17.5 Å². The van der Waals surface area contributed by atoms with Crippen LogP contribution in [-0.2, 0) is 10.2 Å². The van der Waals surface area contributed by atoms with E-state index in [0.717, 1.165) is 13.1 Å². The molecule has 0 saturated heterocycles. The van der Waals surface area contributed by atoms with Crippen LogP contribution in [0.1, 0.15) is 0 Å². The van der Waals surface area contributed by atoms with Crippen molar-refractivity contribution in [1.29, 1.82) is 0 Å². The Bertz CT molecular complexity index is 475. The topological polar surface area (TPSA) is 84.2 Å². The Morgan fingerprint density at radius 2 is 1.87 bits per heavy atom. The standard InChI is InChI=1S/C7H9F2N3O2S/c1-11-15(13,14)12-7-3-6(10)4(8)2-5(7)9/h2-3,11-12H,10H2,1H3. The molecule has 4 N–H and O–H groups in total. The van der Waals surface area contributed by atoms with Gasteiger partial charge in [-0.2, -0.15) is 8.42 Å². The average Bonchev–Trinajstić information content (AvgIpc) is 2.14. The first-order valence-electron chi connectivity index (χ1n) is 3.81. The molecule has 0 heterocycles. The minimum Gasteiger partial charge on any atom is -0.396 e. The molecule has 8 heteroatoms. The van der Waals surface area contributed by atoms with Crippen molar-refractivity contribution < 1.29 is 17.2 Å². The van der Waals surface area contributed by atoms with E-state index >= 15 is 0 Å². The van der Waals surface area contributed by atoms with E-state index in [2.05, 4.69) is 0 Å². The molecule has 0 aliphatic heterocycles. The van der Waals surface area contributed by atoms with Gasteiger partial charge >= 0.3 is 0 Å². The van der Waals surface area contributed by atoms with Gasteiger partial charge in [0.2, 0.25) is 0 Å². The van der Waals surface area contributed by atoms with Gasteiger partial charge in [-0.1, -0.05) is 0 Å². The fraction of sp³-hybridized carbons (Fsp3) is 0.143. The molecule has 5 nitrogen and oxygen atoms in total. The molecular weight excluding hydrogens is 228 g/mol. The number of benzene rings is 1. The molecule has 84 valence electrons. The Labute approximate surface area is 85.5 Å². The summed E-state index contributed by atoms with van der Waals surface area (Å²) in [6.45, 7) is 0. The Kier molecular flexibility index (Phi) is 3.10. The SMILES string of the molecule is CNS(=O)(=O)Nc1cc(N)c(F)cc1F. The smallest absolute Gasteiger partial charge is 0.298 e. The molecule has 0 atom stereocenters. The molecule has 0 unspecified atom stereocenters. The van der Waals surface area contributed by atoms with Gasteiger partial charge in [0.05, 0.1) is 11.4 Å². The van der Waals surface area contributed by atoms with Crippen molar-refractivity contribution in [1.82, 2.24) is 4.72 Å². The quantitative estimate of drug-likeness (QED) is 0.666. The zero-order chi connectivity index (χ0) is 11.6. The molecule has 0 aliphatic rings. The van der Waals surface area contributed by atoms with Crippen LogP contribution in [0.15, 0.2) is 12.1 Å². The van der Waals surface area contributed by atoms with Gasteiger partial charge in [0, 0.05) is 13.1 Å². The summed E-state index contributed by atoms with van der Waals surface area (Å²) in [5.74, 6) is -1.99. The lowest BCUT2D eigenvalue weighted by molar-refractivity contribution is 0.583. The maximum atomic E-state index is 13.0. The molecule has 0 aromatic heterocycles. The third-order valence-electron chi connectivity index (χ3n) is 1.60. The molecule has 0 amide bonds. The molecule has 15 heavy (non-hydrogen) atoms. The maximum Gasteiger partial charge on any atom is 0.298 e. The second kappa shape index (κ2) is 3.99. The van der Waals surface area contributed by atoms with Crippen molar-refractivity contribution in [2.24, 2.45) is 0 Å². The minimum absolute atomic E-state index is 0.342. The Morgan fingerprint density at radius 1 is 1.27 bits per heavy atom. The lowest BCUT2D eigenvalue weighted by atomic mass is 10.2. The Balaban J connectivity index is 3.12. The summed E-state index contributed by atoms with van der Waals surface area (Å²) >= 11 is 0. The van der Waals surface area contributed by atoms with Crippen LogP contribution >= 0.6 is 0 Å². The Hall–Kier alpha value is -1.41. The van der Waals surface area contributed by atoms with E-state index in [1.54, 1.807) is 0 Å². The molecule has 1 aromatic carbocycles.